The van der Waals surface area contributed by atoms with E-state index in [4.69, 9.17) is 0 Å². The van der Waals surface area contributed by atoms with Crippen LogP contribution in [-0.2, 0) is 0 Å². The Labute approximate surface area is 83.6 Å². The third kappa shape index (κ3) is 3.38. The second kappa shape index (κ2) is 5.90. The summed E-state index contributed by atoms with van der Waals surface area (Å²) in [7, 11) is 1.88. The predicted octanol–water partition coefficient (Wildman–Crippen LogP) is 0.855. The molecular formula is C11H12N2O. The van der Waals surface area contributed by atoms with Crippen molar-refractivity contribution in [1.29, 1.82) is 0 Å². The molecule has 0 aliphatic heterocycles. The molecule has 0 saturated carbocycles. The molecule has 0 atom stereocenters. The zero-order valence-electron chi connectivity index (χ0n) is 8.08. The highest BCUT2D eigenvalue weighted by molar-refractivity contribution is 5.74. The lowest BCUT2D eigenvalue weighted by Crippen LogP contribution is -2.05. The Hall–Kier alpha value is -1.66. The van der Waals surface area contributed by atoms with Crippen LogP contribution in [0.4, 0.5) is 0 Å². The highest BCUT2D eigenvalue weighted by atomic mass is 16.1. The first-order valence-electron chi connectivity index (χ1n) is 4.41. The van der Waals surface area contributed by atoms with Gasteiger partial charge in [0.1, 0.15) is 12.0 Å². The number of nitrogens with one attached hydrogen (secondary N) is 1. The van der Waals surface area contributed by atoms with E-state index in [-0.39, 0.29) is 0 Å². The molecule has 0 fully saturated rings. The molecule has 0 aliphatic rings. The fraction of sp³-hybridized carbons (Fsp3) is 0.273. The van der Waals surface area contributed by atoms with Crippen LogP contribution in [0.3, 0.4) is 0 Å². The van der Waals surface area contributed by atoms with E-state index in [0.717, 1.165) is 19.3 Å². The van der Waals surface area contributed by atoms with Gasteiger partial charge in [-0.05, 0) is 25.1 Å². The quantitative estimate of drug-likeness (QED) is 0.434. The molecule has 0 radical (unpaired) electrons. The molecule has 0 aliphatic carbocycles. The second-order valence-corrected chi connectivity index (χ2v) is 2.75. The lowest BCUT2D eigenvalue weighted by Gasteiger charge is -1.91. The highest BCUT2D eigenvalue weighted by Crippen LogP contribution is 1.96. The van der Waals surface area contributed by atoms with E-state index in [9.17, 15) is 4.79 Å². The van der Waals surface area contributed by atoms with Crippen LogP contribution in [0, 0.1) is 11.8 Å². The summed E-state index contributed by atoms with van der Waals surface area (Å²) in [6.45, 7) is 0.861. The largest absolute Gasteiger partial charge is 0.319 e. The fourth-order valence-corrected chi connectivity index (χ4v) is 0.929. The van der Waals surface area contributed by atoms with Crippen molar-refractivity contribution in [1.82, 2.24) is 10.3 Å². The SMILES string of the molecule is CNCCC#Cc1cc(C=O)ccn1. The number of hydrogen-bond donors (Lipinski definition) is 1. The number of rotatable bonds is 3. The molecule has 0 aromatic carbocycles. The van der Waals surface area contributed by atoms with Crippen LogP contribution < -0.4 is 5.32 Å². The van der Waals surface area contributed by atoms with Gasteiger partial charge in [-0.25, -0.2) is 4.98 Å². The number of hydrogen-bond acceptors (Lipinski definition) is 3. The van der Waals surface area contributed by atoms with Crippen LogP contribution in [0.1, 0.15) is 22.5 Å². The normalized spacial score (nSPS) is 8.93. The molecule has 3 nitrogen and oxygen atoms in total. The number of nitrogens with zero attached hydrogens (tertiary/aromatic N) is 1. The summed E-state index contributed by atoms with van der Waals surface area (Å²) in [6.07, 6.45) is 3.16. The van der Waals surface area contributed by atoms with Gasteiger partial charge in [0, 0.05) is 24.7 Å². The minimum absolute atomic E-state index is 0.609. The molecule has 14 heavy (non-hydrogen) atoms. The number of carbonyl (C=O) groups excluding carboxylic acids is 1. The van der Waals surface area contributed by atoms with Crippen molar-refractivity contribution in [3.8, 4) is 11.8 Å². The second-order valence-electron chi connectivity index (χ2n) is 2.75. The van der Waals surface area contributed by atoms with E-state index in [2.05, 4.69) is 22.1 Å². The van der Waals surface area contributed by atoms with Crippen molar-refractivity contribution in [2.45, 2.75) is 6.42 Å². The molecule has 1 heterocycles. The minimum atomic E-state index is 0.609. The Morgan fingerprint density at radius 3 is 3.21 bits per heavy atom. The molecule has 0 unspecified atom stereocenters. The molecule has 0 spiro atoms. The van der Waals surface area contributed by atoms with Crippen LogP contribution in [0.25, 0.3) is 0 Å². The molecule has 1 aromatic rings. The first-order valence-corrected chi connectivity index (χ1v) is 4.41. The Kier molecular flexibility index (Phi) is 4.39. The molecule has 0 saturated heterocycles. The van der Waals surface area contributed by atoms with Gasteiger partial charge >= 0.3 is 0 Å². The van der Waals surface area contributed by atoms with Gasteiger partial charge in [-0.1, -0.05) is 5.92 Å². The minimum Gasteiger partial charge on any atom is -0.319 e. The number of aromatic nitrogens is 1. The molecule has 1 aromatic heterocycles. The van der Waals surface area contributed by atoms with Crippen molar-refractivity contribution >= 4 is 6.29 Å². The van der Waals surface area contributed by atoms with Crippen molar-refractivity contribution < 1.29 is 4.79 Å². The van der Waals surface area contributed by atoms with Crippen LogP contribution in [-0.4, -0.2) is 24.9 Å². The van der Waals surface area contributed by atoms with E-state index in [1.165, 1.54) is 0 Å². The van der Waals surface area contributed by atoms with Crippen LogP contribution in [0.5, 0.6) is 0 Å². The molecule has 0 bridgehead atoms. The Morgan fingerprint density at radius 1 is 1.64 bits per heavy atom. The van der Waals surface area contributed by atoms with E-state index >= 15 is 0 Å². The summed E-state index contributed by atoms with van der Waals surface area (Å²) in [4.78, 5) is 14.5. The van der Waals surface area contributed by atoms with Gasteiger partial charge in [-0.3, -0.25) is 4.79 Å². The lowest BCUT2D eigenvalue weighted by molar-refractivity contribution is 0.112. The standard InChI is InChI=1S/C11H12N2O/c1-12-6-3-2-4-11-8-10(9-14)5-7-13-11/h5,7-9,12H,3,6H2,1H3. The van der Waals surface area contributed by atoms with E-state index < -0.39 is 0 Å². The molecule has 3 heteroatoms. The summed E-state index contributed by atoms with van der Waals surface area (Å²) in [5.74, 6) is 5.86. The predicted molar refractivity (Wildman–Crippen MR) is 55.0 cm³/mol. The smallest absolute Gasteiger partial charge is 0.150 e. The van der Waals surface area contributed by atoms with Gasteiger partial charge in [0.25, 0.3) is 0 Å². The van der Waals surface area contributed by atoms with Crippen molar-refractivity contribution in [3.05, 3.63) is 29.6 Å². The van der Waals surface area contributed by atoms with Crippen molar-refractivity contribution in [2.24, 2.45) is 0 Å². The van der Waals surface area contributed by atoms with Gasteiger partial charge < -0.3 is 5.32 Å². The van der Waals surface area contributed by atoms with Gasteiger partial charge in [-0.2, -0.15) is 0 Å². The van der Waals surface area contributed by atoms with Crippen LogP contribution in [0.15, 0.2) is 18.3 Å². The molecule has 1 N–H and O–H groups in total. The highest BCUT2D eigenvalue weighted by Gasteiger charge is 1.91. The maximum Gasteiger partial charge on any atom is 0.150 e. The summed E-state index contributed by atoms with van der Waals surface area (Å²) in [6, 6.07) is 3.34. The first-order chi connectivity index (χ1) is 6.86. The molecule has 1 rings (SSSR count). The Balaban J connectivity index is 2.64. The van der Waals surface area contributed by atoms with E-state index in [1.54, 1.807) is 18.3 Å². The maximum absolute atomic E-state index is 10.4. The third-order valence-corrected chi connectivity index (χ3v) is 1.64. The number of carbonyl (C=O) groups is 1. The third-order valence-electron chi connectivity index (χ3n) is 1.64. The average molecular weight is 188 g/mol. The Morgan fingerprint density at radius 2 is 2.50 bits per heavy atom. The van der Waals surface area contributed by atoms with Gasteiger partial charge in [0.15, 0.2) is 0 Å². The van der Waals surface area contributed by atoms with E-state index in [1.807, 2.05) is 7.05 Å². The maximum atomic E-state index is 10.4. The average Bonchev–Trinajstić information content (AvgIpc) is 2.25. The topological polar surface area (TPSA) is 42.0 Å². The molecule has 0 amide bonds. The van der Waals surface area contributed by atoms with E-state index in [0.29, 0.717) is 11.3 Å². The monoisotopic (exact) mass is 188 g/mol. The first kappa shape index (κ1) is 10.4. The molecule has 72 valence electrons. The van der Waals surface area contributed by atoms with Crippen LogP contribution in [0.2, 0.25) is 0 Å². The summed E-state index contributed by atoms with van der Waals surface area (Å²) >= 11 is 0. The van der Waals surface area contributed by atoms with Gasteiger partial charge in [0.05, 0.1) is 0 Å². The van der Waals surface area contributed by atoms with Crippen molar-refractivity contribution in [3.63, 3.8) is 0 Å². The summed E-state index contributed by atoms with van der Waals surface area (Å²) in [5.41, 5.74) is 1.25. The van der Waals surface area contributed by atoms with Gasteiger partial charge in [-0.15, -0.1) is 0 Å². The summed E-state index contributed by atoms with van der Waals surface area (Å²) < 4.78 is 0. The lowest BCUT2D eigenvalue weighted by atomic mass is 10.2. The Bertz CT molecular complexity index is 363. The fourth-order valence-electron chi connectivity index (χ4n) is 0.929. The molecular weight excluding hydrogens is 176 g/mol. The van der Waals surface area contributed by atoms with Gasteiger partial charge in [0.2, 0.25) is 0 Å². The van der Waals surface area contributed by atoms with Crippen LogP contribution >= 0.6 is 0 Å². The number of aldehydes is 1. The van der Waals surface area contributed by atoms with Crippen molar-refractivity contribution in [2.75, 3.05) is 13.6 Å². The number of pyridine rings is 1. The summed E-state index contributed by atoms with van der Waals surface area (Å²) in [5, 5.41) is 3.00. The zero-order chi connectivity index (χ0) is 10.2. The zero-order valence-corrected chi connectivity index (χ0v) is 8.08.